The fourth-order valence-electron chi connectivity index (χ4n) is 1.81. The van der Waals surface area contributed by atoms with Crippen LogP contribution in [0.2, 0.25) is 10.0 Å². The van der Waals surface area contributed by atoms with Crippen LogP contribution in [-0.4, -0.2) is 15.1 Å². The quantitative estimate of drug-likeness (QED) is 0.664. The molecular formula is C13H9Cl2NO4. The maximum absolute atomic E-state index is 10.8. The van der Waals surface area contributed by atoms with E-state index in [1.165, 1.54) is 24.3 Å². The molecule has 20 heavy (non-hydrogen) atoms. The molecule has 5 nitrogen and oxygen atoms in total. The molecule has 0 amide bonds. The molecule has 0 atom stereocenters. The van der Waals surface area contributed by atoms with E-state index in [0.717, 1.165) is 6.07 Å². The van der Waals surface area contributed by atoms with Crippen LogP contribution in [0.3, 0.4) is 0 Å². The third-order valence-corrected chi connectivity index (χ3v) is 3.21. The fourth-order valence-corrected chi connectivity index (χ4v) is 2.24. The highest BCUT2D eigenvalue weighted by Gasteiger charge is 2.19. The maximum atomic E-state index is 10.8. The molecule has 2 aromatic rings. The lowest BCUT2D eigenvalue weighted by Gasteiger charge is -2.08. The van der Waals surface area contributed by atoms with E-state index < -0.39 is 16.4 Å². The molecule has 2 rings (SSSR count). The third kappa shape index (κ3) is 2.95. The zero-order valence-electron chi connectivity index (χ0n) is 10.0. The van der Waals surface area contributed by atoms with Crippen molar-refractivity contribution in [2.24, 2.45) is 0 Å². The van der Waals surface area contributed by atoms with Gasteiger partial charge >= 0.3 is 5.69 Å². The van der Waals surface area contributed by atoms with Gasteiger partial charge in [-0.3, -0.25) is 10.1 Å². The summed E-state index contributed by atoms with van der Waals surface area (Å²) in [4.78, 5) is 10.1. The zero-order chi connectivity index (χ0) is 14.9. The van der Waals surface area contributed by atoms with Crippen molar-refractivity contribution in [3.63, 3.8) is 0 Å². The number of aromatic hydroxyl groups is 2. The van der Waals surface area contributed by atoms with Gasteiger partial charge < -0.3 is 10.2 Å². The van der Waals surface area contributed by atoms with E-state index in [1.807, 2.05) is 0 Å². The number of halogens is 2. The minimum Gasteiger partial charge on any atom is -0.508 e. The van der Waals surface area contributed by atoms with Crippen LogP contribution in [0.25, 0.3) is 0 Å². The Kier molecular flexibility index (Phi) is 4.01. The number of nitrogens with zero attached hydrogens (tertiary/aromatic N) is 1. The molecule has 0 aromatic heterocycles. The van der Waals surface area contributed by atoms with E-state index in [-0.39, 0.29) is 22.8 Å². The third-order valence-electron chi connectivity index (χ3n) is 2.75. The van der Waals surface area contributed by atoms with Crippen molar-refractivity contribution in [3.05, 3.63) is 61.6 Å². The number of phenolic OH excluding ortho intramolecular Hbond substituents is 2. The predicted octanol–water partition coefficient (Wildman–Crippen LogP) is 3.90. The second kappa shape index (κ2) is 5.56. The number of phenols is 2. The van der Waals surface area contributed by atoms with Gasteiger partial charge in [-0.05, 0) is 29.8 Å². The van der Waals surface area contributed by atoms with Gasteiger partial charge in [-0.2, -0.15) is 0 Å². The van der Waals surface area contributed by atoms with Gasteiger partial charge in [-0.1, -0.05) is 23.2 Å². The van der Waals surface area contributed by atoms with Gasteiger partial charge in [0.15, 0.2) is 5.75 Å². The first kappa shape index (κ1) is 14.4. The Morgan fingerprint density at radius 2 is 1.70 bits per heavy atom. The molecule has 0 aliphatic rings. The number of nitro groups is 1. The molecule has 7 heteroatoms. The standard InChI is InChI=1S/C13H9Cl2NO4/c14-9-1-2-12(17)7(4-9)3-8-5-10(15)6-11(13(8)18)16(19)20/h1-2,4-6,17-18H,3H2. The molecule has 0 spiro atoms. The molecule has 0 bridgehead atoms. The van der Waals surface area contributed by atoms with Crippen molar-refractivity contribution in [2.75, 3.05) is 0 Å². The van der Waals surface area contributed by atoms with E-state index in [0.29, 0.717) is 10.6 Å². The van der Waals surface area contributed by atoms with Crippen LogP contribution in [0.4, 0.5) is 5.69 Å². The average Bonchev–Trinajstić information content (AvgIpc) is 2.37. The SMILES string of the molecule is O=[N+]([O-])c1cc(Cl)cc(Cc2cc(Cl)ccc2O)c1O. The normalized spacial score (nSPS) is 10.5. The predicted molar refractivity (Wildman–Crippen MR) is 75.7 cm³/mol. The van der Waals surface area contributed by atoms with Gasteiger partial charge in [0.05, 0.1) is 4.92 Å². The van der Waals surface area contributed by atoms with Crippen LogP contribution in [-0.2, 0) is 6.42 Å². The van der Waals surface area contributed by atoms with Gasteiger partial charge in [0.1, 0.15) is 5.75 Å². The summed E-state index contributed by atoms with van der Waals surface area (Å²) < 4.78 is 0. The minimum absolute atomic E-state index is 0.0172. The lowest BCUT2D eigenvalue weighted by Crippen LogP contribution is -1.95. The summed E-state index contributed by atoms with van der Waals surface area (Å²) in [5, 5.41) is 31.0. The Morgan fingerprint density at radius 1 is 1.05 bits per heavy atom. The molecule has 104 valence electrons. The first-order valence-electron chi connectivity index (χ1n) is 5.51. The summed E-state index contributed by atoms with van der Waals surface area (Å²) in [6.07, 6.45) is 0.0691. The van der Waals surface area contributed by atoms with Crippen molar-refractivity contribution >= 4 is 28.9 Å². The summed E-state index contributed by atoms with van der Waals surface area (Å²) in [6.45, 7) is 0. The lowest BCUT2D eigenvalue weighted by atomic mass is 10.0. The molecule has 0 saturated heterocycles. The van der Waals surface area contributed by atoms with E-state index in [1.54, 1.807) is 0 Å². The topological polar surface area (TPSA) is 83.6 Å². The molecule has 2 aromatic carbocycles. The highest BCUT2D eigenvalue weighted by atomic mass is 35.5. The largest absolute Gasteiger partial charge is 0.508 e. The van der Waals surface area contributed by atoms with Crippen LogP contribution in [0.1, 0.15) is 11.1 Å². The lowest BCUT2D eigenvalue weighted by molar-refractivity contribution is -0.385. The number of nitro benzene ring substituents is 1. The number of benzene rings is 2. The Balaban J connectivity index is 2.48. The Labute approximate surface area is 124 Å². The Morgan fingerprint density at radius 3 is 2.35 bits per heavy atom. The molecule has 0 heterocycles. The van der Waals surface area contributed by atoms with Crippen molar-refractivity contribution in [2.45, 2.75) is 6.42 Å². The van der Waals surface area contributed by atoms with Crippen LogP contribution in [0, 0.1) is 10.1 Å². The summed E-state index contributed by atoms with van der Waals surface area (Å²) in [5.41, 5.74) is 0.195. The highest BCUT2D eigenvalue weighted by molar-refractivity contribution is 6.31. The van der Waals surface area contributed by atoms with Crippen LogP contribution < -0.4 is 0 Å². The van der Waals surface area contributed by atoms with Crippen molar-refractivity contribution in [1.29, 1.82) is 0 Å². The van der Waals surface area contributed by atoms with Crippen molar-refractivity contribution in [3.8, 4) is 11.5 Å². The average molecular weight is 314 g/mol. The number of hydrogen-bond acceptors (Lipinski definition) is 4. The van der Waals surface area contributed by atoms with Crippen LogP contribution >= 0.6 is 23.2 Å². The van der Waals surface area contributed by atoms with Gasteiger partial charge in [0, 0.05) is 28.1 Å². The molecule has 0 unspecified atom stereocenters. The number of rotatable bonds is 3. The van der Waals surface area contributed by atoms with Crippen LogP contribution in [0.5, 0.6) is 11.5 Å². The van der Waals surface area contributed by atoms with Crippen LogP contribution in [0.15, 0.2) is 30.3 Å². The van der Waals surface area contributed by atoms with Crippen molar-refractivity contribution in [1.82, 2.24) is 0 Å². The fraction of sp³-hybridized carbons (Fsp3) is 0.0769. The molecule has 2 N–H and O–H groups in total. The van der Waals surface area contributed by atoms with E-state index >= 15 is 0 Å². The summed E-state index contributed by atoms with van der Waals surface area (Å²) in [5.74, 6) is -0.491. The Bertz CT molecular complexity index is 688. The second-order valence-electron chi connectivity index (χ2n) is 4.14. The molecular weight excluding hydrogens is 305 g/mol. The smallest absolute Gasteiger partial charge is 0.312 e. The van der Waals surface area contributed by atoms with E-state index in [9.17, 15) is 20.3 Å². The maximum Gasteiger partial charge on any atom is 0.312 e. The molecule has 0 fully saturated rings. The van der Waals surface area contributed by atoms with Crippen molar-refractivity contribution < 1.29 is 15.1 Å². The van der Waals surface area contributed by atoms with Gasteiger partial charge in [-0.15, -0.1) is 0 Å². The molecule has 0 radical (unpaired) electrons. The molecule has 0 aliphatic heterocycles. The molecule has 0 aliphatic carbocycles. The highest BCUT2D eigenvalue weighted by Crippen LogP contribution is 2.36. The summed E-state index contributed by atoms with van der Waals surface area (Å²) >= 11 is 11.6. The first-order valence-corrected chi connectivity index (χ1v) is 6.27. The van der Waals surface area contributed by atoms with Gasteiger partial charge in [-0.25, -0.2) is 0 Å². The summed E-state index contributed by atoms with van der Waals surface area (Å²) in [6, 6.07) is 6.92. The molecule has 0 saturated carbocycles. The minimum atomic E-state index is -0.720. The first-order chi connectivity index (χ1) is 9.38. The zero-order valence-corrected chi connectivity index (χ0v) is 11.5. The monoisotopic (exact) mass is 313 g/mol. The van der Waals surface area contributed by atoms with Gasteiger partial charge in [0.25, 0.3) is 0 Å². The van der Waals surface area contributed by atoms with E-state index in [4.69, 9.17) is 23.2 Å². The second-order valence-corrected chi connectivity index (χ2v) is 5.01. The number of hydrogen-bond donors (Lipinski definition) is 2. The van der Waals surface area contributed by atoms with E-state index in [2.05, 4.69) is 0 Å². The summed E-state index contributed by atoms with van der Waals surface area (Å²) in [7, 11) is 0. The van der Waals surface area contributed by atoms with Gasteiger partial charge in [0.2, 0.25) is 0 Å². The Hall–Kier alpha value is -1.98.